The zero-order valence-electron chi connectivity index (χ0n) is 14.5. The van der Waals surface area contributed by atoms with Crippen molar-refractivity contribution in [2.24, 2.45) is 0 Å². The van der Waals surface area contributed by atoms with Gasteiger partial charge >= 0.3 is 11.7 Å². The van der Waals surface area contributed by atoms with E-state index in [0.29, 0.717) is 32.9 Å². The molecule has 0 aliphatic rings. The predicted molar refractivity (Wildman–Crippen MR) is 110 cm³/mol. The number of nitrogens with one attached hydrogen (secondary N) is 2. The fraction of sp³-hybridized carbons (Fsp3) is 0. The number of aromatic nitrogens is 1. The number of hydrogen-bond donors (Lipinski definition) is 2. The van der Waals surface area contributed by atoms with Crippen molar-refractivity contribution in [2.75, 3.05) is 10.6 Å². The van der Waals surface area contributed by atoms with Crippen molar-refractivity contribution in [3.63, 3.8) is 0 Å². The molecule has 0 aliphatic heterocycles. The summed E-state index contributed by atoms with van der Waals surface area (Å²) in [5.41, 5.74) is 1.58. The van der Waals surface area contributed by atoms with Gasteiger partial charge in [-0.3, -0.25) is 0 Å². The first-order valence-corrected chi connectivity index (χ1v) is 8.81. The fourth-order valence-corrected chi connectivity index (χ4v) is 2.86. The maximum Gasteiger partial charge on any atom is 0.347 e. The van der Waals surface area contributed by atoms with Gasteiger partial charge in [0, 0.05) is 10.7 Å². The second-order valence-electron chi connectivity index (χ2n) is 5.96. The monoisotopic (exact) mass is 391 g/mol. The van der Waals surface area contributed by atoms with Gasteiger partial charge in [0.1, 0.15) is 0 Å². The second-order valence-corrected chi connectivity index (χ2v) is 6.39. The topological polar surface area (TPSA) is 84.2 Å². The van der Waals surface area contributed by atoms with Crippen LogP contribution in [0.25, 0.3) is 22.4 Å². The molecule has 4 rings (SSSR count). The molecule has 0 bridgehead atoms. The molecule has 7 heteroatoms. The zero-order chi connectivity index (χ0) is 19.5. The van der Waals surface area contributed by atoms with Gasteiger partial charge in [0.15, 0.2) is 0 Å². The molecule has 2 amide bonds. The van der Waals surface area contributed by atoms with E-state index in [1.807, 2.05) is 0 Å². The number of nitrogens with zero attached hydrogens (tertiary/aromatic N) is 1. The Bertz CT molecular complexity index is 1220. The lowest BCUT2D eigenvalue weighted by molar-refractivity contribution is 0.262. The van der Waals surface area contributed by atoms with Crippen molar-refractivity contribution < 1.29 is 9.21 Å². The normalized spacial score (nSPS) is 10.6. The Hall–Kier alpha value is -3.64. The Labute approximate surface area is 164 Å². The number of hydrogen-bond acceptors (Lipinski definition) is 4. The molecule has 28 heavy (non-hydrogen) atoms. The van der Waals surface area contributed by atoms with E-state index in [-0.39, 0.29) is 5.89 Å². The molecule has 0 aliphatic carbocycles. The summed E-state index contributed by atoms with van der Waals surface area (Å²) in [5, 5.41) is 6.45. The van der Waals surface area contributed by atoms with E-state index in [0.717, 1.165) is 0 Å². The molecule has 6 nitrogen and oxygen atoms in total. The highest BCUT2D eigenvalue weighted by molar-refractivity contribution is 6.30. The first-order valence-electron chi connectivity index (χ1n) is 8.43. The van der Waals surface area contributed by atoms with Crippen LogP contribution in [0.4, 0.5) is 16.2 Å². The van der Waals surface area contributed by atoms with Gasteiger partial charge in [0.2, 0.25) is 5.89 Å². The van der Waals surface area contributed by atoms with Gasteiger partial charge in [-0.05, 0) is 48.5 Å². The Morgan fingerprint density at radius 3 is 2.43 bits per heavy atom. The maximum absolute atomic E-state index is 12.4. The minimum atomic E-state index is -0.485. The molecule has 0 saturated carbocycles. The summed E-state index contributed by atoms with van der Waals surface area (Å²) in [7, 11) is 0. The van der Waals surface area contributed by atoms with Crippen LogP contribution in [-0.2, 0) is 0 Å². The van der Waals surface area contributed by atoms with E-state index in [4.69, 9.17) is 16.0 Å². The lowest BCUT2D eigenvalue weighted by Crippen LogP contribution is -2.20. The highest BCUT2D eigenvalue weighted by Gasteiger charge is 2.14. The van der Waals surface area contributed by atoms with E-state index in [9.17, 15) is 9.59 Å². The largest absolute Gasteiger partial charge is 0.403 e. The number of amides is 2. The molecule has 0 atom stereocenters. The molecule has 1 heterocycles. The van der Waals surface area contributed by atoms with E-state index in [1.54, 1.807) is 72.8 Å². The minimum absolute atomic E-state index is 0.131. The maximum atomic E-state index is 12.4. The Morgan fingerprint density at radius 1 is 0.893 bits per heavy atom. The number of fused-ring (bicyclic) bond motifs is 1. The molecule has 0 radical (unpaired) electrons. The van der Waals surface area contributed by atoms with Gasteiger partial charge in [0.05, 0.1) is 22.2 Å². The summed E-state index contributed by atoms with van der Waals surface area (Å²) in [6, 6.07) is 20.2. The Kier molecular flexibility index (Phi) is 4.78. The lowest BCUT2D eigenvalue weighted by Gasteiger charge is -2.11. The highest BCUT2D eigenvalue weighted by atomic mass is 35.5. The molecule has 2 N–H and O–H groups in total. The summed E-state index contributed by atoms with van der Waals surface area (Å²) in [5.74, 6) is 0.131. The van der Waals surface area contributed by atoms with Crippen LogP contribution in [0, 0.1) is 0 Å². The van der Waals surface area contributed by atoms with E-state index < -0.39 is 11.7 Å². The van der Waals surface area contributed by atoms with Crippen molar-refractivity contribution >= 4 is 39.9 Å². The van der Waals surface area contributed by atoms with Gasteiger partial charge < -0.3 is 15.1 Å². The van der Waals surface area contributed by atoms with Crippen LogP contribution in [0.3, 0.4) is 0 Å². The SMILES string of the molecule is O=C(Nc1ccc(Cl)cc1)Nc1ccccc1-c1nc2ccccc2c(=O)o1. The molecule has 4 aromatic rings. The van der Waals surface area contributed by atoms with Crippen molar-refractivity contribution in [3.05, 3.63) is 88.2 Å². The lowest BCUT2D eigenvalue weighted by atomic mass is 10.1. The standard InChI is InChI=1S/C21H14ClN3O3/c22-13-9-11-14(12-10-13)23-21(27)25-17-7-3-1-5-15(17)19-24-18-8-4-2-6-16(18)20(26)28-19/h1-12H,(H2,23,25,27). The average Bonchev–Trinajstić information content (AvgIpc) is 2.70. The van der Waals surface area contributed by atoms with Crippen LogP contribution in [0.15, 0.2) is 82.0 Å². The van der Waals surface area contributed by atoms with Crippen molar-refractivity contribution in [1.82, 2.24) is 4.98 Å². The van der Waals surface area contributed by atoms with Crippen LogP contribution in [0.2, 0.25) is 5.02 Å². The van der Waals surface area contributed by atoms with E-state index >= 15 is 0 Å². The number of benzene rings is 3. The van der Waals surface area contributed by atoms with Gasteiger partial charge in [0.25, 0.3) is 0 Å². The number of carbonyl (C=O) groups is 1. The number of urea groups is 1. The molecule has 0 fully saturated rings. The van der Waals surface area contributed by atoms with Crippen molar-refractivity contribution in [1.29, 1.82) is 0 Å². The summed E-state index contributed by atoms with van der Waals surface area (Å²) in [6.45, 7) is 0. The summed E-state index contributed by atoms with van der Waals surface area (Å²) in [6.07, 6.45) is 0. The number of para-hydroxylation sites is 2. The minimum Gasteiger partial charge on any atom is -0.403 e. The zero-order valence-corrected chi connectivity index (χ0v) is 15.2. The smallest absolute Gasteiger partial charge is 0.347 e. The molecule has 0 saturated heterocycles. The average molecular weight is 392 g/mol. The third kappa shape index (κ3) is 3.72. The second kappa shape index (κ2) is 7.54. The number of anilines is 2. The third-order valence-electron chi connectivity index (χ3n) is 4.04. The summed E-state index contributed by atoms with van der Waals surface area (Å²) >= 11 is 5.85. The first-order chi connectivity index (χ1) is 13.6. The Balaban J connectivity index is 1.65. The molecular weight excluding hydrogens is 378 g/mol. The van der Waals surface area contributed by atoms with Crippen LogP contribution in [0.1, 0.15) is 0 Å². The van der Waals surface area contributed by atoms with Crippen LogP contribution in [-0.4, -0.2) is 11.0 Å². The number of carbonyl (C=O) groups excluding carboxylic acids is 1. The molecule has 0 spiro atoms. The first kappa shape index (κ1) is 17.8. The molecule has 138 valence electrons. The number of rotatable bonds is 3. The Morgan fingerprint density at radius 2 is 1.61 bits per heavy atom. The van der Waals surface area contributed by atoms with E-state index in [2.05, 4.69) is 15.6 Å². The predicted octanol–water partition coefficient (Wildman–Crippen LogP) is 5.15. The fourth-order valence-electron chi connectivity index (χ4n) is 2.73. The van der Waals surface area contributed by atoms with Gasteiger partial charge in [-0.25, -0.2) is 14.6 Å². The van der Waals surface area contributed by atoms with Crippen LogP contribution < -0.4 is 16.3 Å². The van der Waals surface area contributed by atoms with Crippen LogP contribution >= 0.6 is 11.6 Å². The highest BCUT2D eigenvalue weighted by Crippen LogP contribution is 2.27. The van der Waals surface area contributed by atoms with Gasteiger partial charge in [-0.15, -0.1) is 0 Å². The quantitative estimate of drug-likeness (QED) is 0.505. The molecule has 3 aromatic carbocycles. The van der Waals surface area contributed by atoms with E-state index in [1.165, 1.54) is 0 Å². The summed E-state index contributed by atoms with van der Waals surface area (Å²) in [4.78, 5) is 29.0. The van der Waals surface area contributed by atoms with Gasteiger partial charge in [-0.2, -0.15) is 0 Å². The van der Waals surface area contributed by atoms with Crippen molar-refractivity contribution in [2.45, 2.75) is 0 Å². The van der Waals surface area contributed by atoms with Gasteiger partial charge in [-0.1, -0.05) is 35.9 Å². The molecule has 1 aromatic heterocycles. The molecular formula is C21H14ClN3O3. The van der Waals surface area contributed by atoms with Crippen molar-refractivity contribution in [3.8, 4) is 11.5 Å². The third-order valence-corrected chi connectivity index (χ3v) is 4.30. The summed E-state index contributed by atoms with van der Waals surface area (Å²) < 4.78 is 5.38. The van der Waals surface area contributed by atoms with Crippen LogP contribution in [0.5, 0.6) is 0 Å². The number of halogens is 1. The molecule has 0 unspecified atom stereocenters.